The van der Waals surface area contributed by atoms with E-state index in [1.54, 1.807) is 7.05 Å². The van der Waals surface area contributed by atoms with Crippen LogP contribution >= 0.6 is 0 Å². The lowest BCUT2D eigenvalue weighted by atomic mass is 9.85. The summed E-state index contributed by atoms with van der Waals surface area (Å²) in [7, 11) is 3.04. The number of nitrogens with zero attached hydrogens (tertiary/aromatic N) is 1. The summed E-state index contributed by atoms with van der Waals surface area (Å²) < 4.78 is 18.5. The number of halogens is 1. The average molecular weight is 307 g/mol. The van der Waals surface area contributed by atoms with Gasteiger partial charge in [-0.05, 0) is 37.0 Å². The Kier molecular flexibility index (Phi) is 5.16. The number of ketones is 1. The highest BCUT2D eigenvalue weighted by atomic mass is 19.1. The van der Waals surface area contributed by atoms with Crippen LogP contribution < -0.4 is 4.74 Å². The zero-order valence-corrected chi connectivity index (χ0v) is 13.3. The maximum absolute atomic E-state index is 13.4. The minimum atomic E-state index is -0.725. The van der Waals surface area contributed by atoms with E-state index in [0.717, 1.165) is 31.7 Å². The minimum Gasteiger partial charge on any atom is -0.496 e. The molecule has 0 aromatic heterocycles. The van der Waals surface area contributed by atoms with E-state index in [1.807, 2.05) is 0 Å². The highest BCUT2D eigenvalue weighted by molar-refractivity contribution is 6.43. The number of rotatable bonds is 4. The van der Waals surface area contributed by atoms with Crippen LogP contribution in [0.3, 0.4) is 0 Å². The molecule has 0 unspecified atom stereocenters. The van der Waals surface area contributed by atoms with Gasteiger partial charge in [-0.1, -0.05) is 19.8 Å². The lowest BCUT2D eigenvalue weighted by Crippen LogP contribution is -2.45. The molecule has 1 fully saturated rings. The molecule has 0 radical (unpaired) electrons. The van der Waals surface area contributed by atoms with Gasteiger partial charge in [0.2, 0.25) is 0 Å². The van der Waals surface area contributed by atoms with Crippen molar-refractivity contribution in [3.05, 3.63) is 29.6 Å². The second-order valence-electron chi connectivity index (χ2n) is 5.92. The molecule has 1 aliphatic rings. The van der Waals surface area contributed by atoms with E-state index >= 15 is 0 Å². The van der Waals surface area contributed by atoms with E-state index in [2.05, 4.69) is 6.92 Å². The summed E-state index contributed by atoms with van der Waals surface area (Å²) in [5, 5.41) is 0. The number of benzene rings is 1. The fourth-order valence-corrected chi connectivity index (χ4v) is 3.16. The summed E-state index contributed by atoms with van der Waals surface area (Å²) in [5.74, 6) is -1.32. The number of likely N-dealkylation sites (N-methyl/N-ethyl adjacent to an activating group) is 1. The molecule has 0 N–H and O–H groups in total. The van der Waals surface area contributed by atoms with Crippen LogP contribution in [0, 0.1) is 11.7 Å². The van der Waals surface area contributed by atoms with Crippen molar-refractivity contribution < 1.29 is 18.7 Å². The summed E-state index contributed by atoms with van der Waals surface area (Å²) in [5.41, 5.74) is -0.0252. The minimum absolute atomic E-state index is 0.0252. The van der Waals surface area contributed by atoms with Gasteiger partial charge in [-0.2, -0.15) is 0 Å². The van der Waals surface area contributed by atoms with Gasteiger partial charge in [-0.15, -0.1) is 0 Å². The molecule has 120 valence electrons. The number of hydrogen-bond acceptors (Lipinski definition) is 3. The monoisotopic (exact) mass is 307 g/mol. The fourth-order valence-electron chi connectivity index (χ4n) is 3.16. The van der Waals surface area contributed by atoms with Gasteiger partial charge in [0, 0.05) is 13.1 Å². The molecule has 22 heavy (non-hydrogen) atoms. The molecule has 2 rings (SSSR count). The standard InChI is InChI=1S/C17H22FNO3/c1-11-6-4-5-7-14(11)19(2)17(21)16(20)13-10-12(18)8-9-15(13)22-3/h8-11,14H,4-7H2,1-3H3/t11-,14+/m1/s1. The third-order valence-electron chi connectivity index (χ3n) is 4.48. The van der Waals surface area contributed by atoms with Crippen LogP contribution in [0.15, 0.2) is 18.2 Å². The Balaban J connectivity index is 2.21. The molecule has 1 aromatic rings. The molecular weight excluding hydrogens is 285 g/mol. The van der Waals surface area contributed by atoms with Crippen molar-refractivity contribution in [2.45, 2.75) is 38.6 Å². The third kappa shape index (κ3) is 3.29. The third-order valence-corrected chi connectivity index (χ3v) is 4.48. The summed E-state index contributed by atoms with van der Waals surface area (Å²) in [6.07, 6.45) is 4.17. The number of hydrogen-bond donors (Lipinski definition) is 0. The lowest BCUT2D eigenvalue weighted by molar-refractivity contribution is -0.128. The molecule has 4 nitrogen and oxygen atoms in total. The number of ether oxygens (including phenoxy) is 1. The molecule has 5 heteroatoms. The first-order valence-corrected chi connectivity index (χ1v) is 7.60. The van der Waals surface area contributed by atoms with Crippen molar-refractivity contribution in [3.63, 3.8) is 0 Å². The Labute approximate surface area is 130 Å². The van der Waals surface area contributed by atoms with Crippen LogP contribution in [0.25, 0.3) is 0 Å². The molecule has 0 heterocycles. The maximum atomic E-state index is 13.4. The van der Waals surface area contributed by atoms with Gasteiger partial charge in [-0.3, -0.25) is 9.59 Å². The zero-order valence-electron chi connectivity index (χ0n) is 13.3. The predicted octanol–water partition coefficient (Wildman–Crippen LogP) is 3.05. The molecule has 0 bridgehead atoms. The molecule has 1 saturated carbocycles. The summed E-state index contributed by atoms with van der Waals surface area (Å²) in [4.78, 5) is 26.4. The van der Waals surface area contributed by atoms with E-state index < -0.39 is 17.5 Å². The van der Waals surface area contributed by atoms with Crippen LogP contribution in [0.1, 0.15) is 43.0 Å². The predicted molar refractivity (Wildman–Crippen MR) is 81.5 cm³/mol. The van der Waals surface area contributed by atoms with Crippen molar-refractivity contribution in [2.24, 2.45) is 5.92 Å². The molecule has 0 aliphatic heterocycles. The Morgan fingerprint density at radius 1 is 1.27 bits per heavy atom. The van der Waals surface area contributed by atoms with E-state index in [-0.39, 0.29) is 17.4 Å². The van der Waals surface area contributed by atoms with Crippen LogP contribution in [-0.4, -0.2) is 36.8 Å². The van der Waals surface area contributed by atoms with E-state index in [4.69, 9.17) is 4.74 Å². The quantitative estimate of drug-likeness (QED) is 0.634. The largest absolute Gasteiger partial charge is 0.496 e. The number of carbonyl (C=O) groups excluding carboxylic acids is 2. The second kappa shape index (κ2) is 6.90. The number of amides is 1. The average Bonchev–Trinajstić information content (AvgIpc) is 2.53. The first-order valence-electron chi connectivity index (χ1n) is 7.60. The van der Waals surface area contributed by atoms with Gasteiger partial charge in [0.1, 0.15) is 11.6 Å². The SMILES string of the molecule is COc1ccc(F)cc1C(=O)C(=O)N(C)[C@H]1CCCC[C@H]1C. The number of carbonyl (C=O) groups is 2. The molecule has 1 amide bonds. The molecule has 1 aromatic carbocycles. The van der Waals surface area contributed by atoms with Gasteiger partial charge in [-0.25, -0.2) is 4.39 Å². The normalized spacial score (nSPS) is 21.3. The Morgan fingerprint density at radius 3 is 2.59 bits per heavy atom. The Bertz CT molecular complexity index is 573. The highest BCUT2D eigenvalue weighted by Crippen LogP contribution is 2.28. The smallest absolute Gasteiger partial charge is 0.295 e. The van der Waals surface area contributed by atoms with E-state index in [1.165, 1.54) is 24.1 Å². The van der Waals surface area contributed by atoms with Gasteiger partial charge in [0.25, 0.3) is 11.7 Å². The van der Waals surface area contributed by atoms with Crippen LogP contribution in [0.2, 0.25) is 0 Å². The van der Waals surface area contributed by atoms with Crippen LogP contribution in [0.4, 0.5) is 4.39 Å². The van der Waals surface area contributed by atoms with Crippen molar-refractivity contribution in [2.75, 3.05) is 14.2 Å². The van der Waals surface area contributed by atoms with Crippen LogP contribution in [-0.2, 0) is 4.79 Å². The summed E-state index contributed by atoms with van der Waals surface area (Å²) in [6, 6.07) is 3.67. The summed E-state index contributed by atoms with van der Waals surface area (Å²) in [6.45, 7) is 2.10. The summed E-state index contributed by atoms with van der Waals surface area (Å²) >= 11 is 0. The maximum Gasteiger partial charge on any atom is 0.295 e. The van der Waals surface area contributed by atoms with Crippen molar-refractivity contribution in [3.8, 4) is 5.75 Å². The van der Waals surface area contributed by atoms with Gasteiger partial charge >= 0.3 is 0 Å². The Hall–Kier alpha value is -1.91. The first kappa shape index (κ1) is 16.5. The Morgan fingerprint density at radius 2 is 1.95 bits per heavy atom. The first-order chi connectivity index (χ1) is 10.5. The van der Waals surface area contributed by atoms with Gasteiger partial charge in [0.05, 0.1) is 12.7 Å². The van der Waals surface area contributed by atoms with Crippen molar-refractivity contribution in [1.82, 2.24) is 4.90 Å². The van der Waals surface area contributed by atoms with Crippen LogP contribution in [0.5, 0.6) is 5.75 Å². The fraction of sp³-hybridized carbons (Fsp3) is 0.529. The van der Waals surface area contributed by atoms with E-state index in [9.17, 15) is 14.0 Å². The molecular formula is C17H22FNO3. The van der Waals surface area contributed by atoms with Crippen molar-refractivity contribution >= 4 is 11.7 Å². The van der Waals surface area contributed by atoms with E-state index in [0.29, 0.717) is 5.92 Å². The van der Waals surface area contributed by atoms with Gasteiger partial charge in [0.15, 0.2) is 0 Å². The lowest BCUT2D eigenvalue weighted by Gasteiger charge is -2.35. The highest BCUT2D eigenvalue weighted by Gasteiger charge is 2.32. The second-order valence-corrected chi connectivity index (χ2v) is 5.92. The number of methoxy groups -OCH3 is 1. The van der Waals surface area contributed by atoms with Crippen molar-refractivity contribution in [1.29, 1.82) is 0 Å². The molecule has 0 saturated heterocycles. The molecule has 0 spiro atoms. The zero-order chi connectivity index (χ0) is 16.3. The molecule has 2 atom stereocenters. The molecule has 1 aliphatic carbocycles. The van der Waals surface area contributed by atoms with Gasteiger partial charge < -0.3 is 9.64 Å². The number of Topliss-reactive ketones (excluding diaryl/α,β-unsaturated/α-hetero) is 1. The topological polar surface area (TPSA) is 46.6 Å².